The average molecular weight is 423 g/mol. The van der Waals surface area contributed by atoms with Crippen molar-refractivity contribution in [2.24, 2.45) is 5.92 Å². The lowest BCUT2D eigenvalue weighted by atomic mass is 9.67. The van der Waals surface area contributed by atoms with Crippen LogP contribution in [0.2, 0.25) is 0 Å². The van der Waals surface area contributed by atoms with E-state index in [9.17, 15) is 5.11 Å². The van der Waals surface area contributed by atoms with Crippen LogP contribution in [0.4, 0.5) is 10.2 Å². The van der Waals surface area contributed by atoms with Crippen molar-refractivity contribution in [1.29, 1.82) is 0 Å². The van der Waals surface area contributed by atoms with E-state index < -0.39 is 11.7 Å². The summed E-state index contributed by atoms with van der Waals surface area (Å²) in [6, 6.07) is 8.64. The summed E-state index contributed by atoms with van der Waals surface area (Å²) in [5.74, 6) is 0.975. The molecule has 6 rings (SSSR count). The molecular formula is C22H26FN7O. The Morgan fingerprint density at radius 2 is 2.06 bits per heavy atom. The normalized spacial score (nSPS) is 28.1. The van der Waals surface area contributed by atoms with E-state index >= 15 is 4.39 Å². The number of piperidine rings is 2. The van der Waals surface area contributed by atoms with Crippen LogP contribution in [0.25, 0.3) is 16.9 Å². The van der Waals surface area contributed by atoms with Gasteiger partial charge in [0.1, 0.15) is 11.9 Å². The average Bonchev–Trinajstić information content (AvgIpc) is 3.30. The minimum atomic E-state index is -0.954. The first-order valence-electron chi connectivity index (χ1n) is 10.5. The van der Waals surface area contributed by atoms with Crippen molar-refractivity contribution in [3.05, 3.63) is 42.7 Å². The van der Waals surface area contributed by atoms with Crippen LogP contribution < -0.4 is 4.90 Å². The number of phenolic OH excluding ortho intramolecular Hbond substituents is 1. The molecule has 2 aromatic heterocycles. The number of nitrogens with zero attached hydrogens (tertiary/aromatic N) is 7. The second-order valence-corrected chi connectivity index (χ2v) is 8.87. The molecular weight excluding hydrogens is 397 g/mol. The number of anilines is 1. The predicted molar refractivity (Wildman–Crippen MR) is 115 cm³/mol. The molecule has 3 fully saturated rings. The van der Waals surface area contributed by atoms with Crippen LogP contribution in [0.15, 0.2) is 42.7 Å². The molecule has 31 heavy (non-hydrogen) atoms. The molecule has 0 spiro atoms. The van der Waals surface area contributed by atoms with Crippen LogP contribution in [0.5, 0.6) is 5.75 Å². The number of rotatable bonds is 4. The summed E-state index contributed by atoms with van der Waals surface area (Å²) >= 11 is 0. The number of aromatic hydroxyl groups is 1. The van der Waals surface area contributed by atoms with Gasteiger partial charge in [-0.05, 0) is 57.0 Å². The van der Waals surface area contributed by atoms with E-state index in [0.29, 0.717) is 22.8 Å². The van der Waals surface area contributed by atoms with Crippen molar-refractivity contribution in [1.82, 2.24) is 30.1 Å². The lowest BCUT2D eigenvalue weighted by Gasteiger charge is -2.58. The van der Waals surface area contributed by atoms with E-state index in [0.717, 1.165) is 19.4 Å². The highest BCUT2D eigenvalue weighted by molar-refractivity contribution is 5.69. The fraction of sp³-hybridized carbons (Fsp3) is 0.455. The Hall–Kier alpha value is -3.07. The van der Waals surface area contributed by atoms with Crippen molar-refractivity contribution < 1.29 is 9.50 Å². The monoisotopic (exact) mass is 423 g/mol. The van der Waals surface area contributed by atoms with Crippen LogP contribution in [-0.2, 0) is 0 Å². The maximum atomic E-state index is 15.5. The smallest absolute Gasteiger partial charge is 0.151 e. The molecule has 3 aromatic rings. The molecule has 9 heteroatoms. The zero-order valence-electron chi connectivity index (χ0n) is 17.9. The lowest BCUT2D eigenvalue weighted by Crippen LogP contribution is -2.70. The lowest BCUT2D eigenvalue weighted by molar-refractivity contribution is -0.0816. The van der Waals surface area contributed by atoms with Crippen LogP contribution in [-0.4, -0.2) is 73.6 Å². The summed E-state index contributed by atoms with van der Waals surface area (Å²) in [7, 11) is 3.92. The van der Waals surface area contributed by atoms with Gasteiger partial charge in [0.15, 0.2) is 5.82 Å². The summed E-state index contributed by atoms with van der Waals surface area (Å²) in [5, 5.41) is 26.9. The molecule has 2 aliphatic heterocycles. The Morgan fingerprint density at radius 1 is 1.23 bits per heavy atom. The Kier molecular flexibility index (Phi) is 4.65. The molecule has 1 N–H and O–H groups in total. The Morgan fingerprint density at radius 3 is 2.71 bits per heavy atom. The van der Waals surface area contributed by atoms with Gasteiger partial charge in [-0.25, -0.2) is 9.07 Å². The molecule has 0 amide bonds. The highest BCUT2D eigenvalue weighted by Crippen LogP contribution is 2.46. The highest BCUT2D eigenvalue weighted by atomic mass is 19.1. The Bertz CT molecular complexity index is 1070. The van der Waals surface area contributed by atoms with Gasteiger partial charge in [-0.2, -0.15) is 0 Å². The molecule has 4 atom stereocenters. The van der Waals surface area contributed by atoms with Crippen LogP contribution >= 0.6 is 0 Å². The van der Waals surface area contributed by atoms with Gasteiger partial charge < -0.3 is 10.0 Å². The third-order valence-corrected chi connectivity index (χ3v) is 7.18. The number of halogens is 1. The van der Waals surface area contributed by atoms with E-state index in [2.05, 4.69) is 25.4 Å². The largest absolute Gasteiger partial charge is 0.507 e. The number of alkyl halides is 1. The maximum Gasteiger partial charge on any atom is 0.151 e. The second-order valence-electron chi connectivity index (χ2n) is 8.87. The first-order chi connectivity index (χ1) is 14.9. The topological polar surface area (TPSA) is 83.2 Å². The van der Waals surface area contributed by atoms with Gasteiger partial charge in [0.05, 0.1) is 35.4 Å². The maximum absolute atomic E-state index is 15.5. The third kappa shape index (κ3) is 3.15. The van der Waals surface area contributed by atoms with E-state index in [1.54, 1.807) is 29.2 Å². The van der Waals surface area contributed by atoms with Crippen molar-refractivity contribution in [3.8, 4) is 22.7 Å². The van der Waals surface area contributed by atoms with Gasteiger partial charge in [0.25, 0.3) is 0 Å². The summed E-state index contributed by atoms with van der Waals surface area (Å²) in [6.07, 6.45) is 4.23. The Balaban J connectivity index is 1.38. The van der Waals surface area contributed by atoms with E-state index in [1.807, 2.05) is 44.1 Å². The molecule has 2 saturated heterocycles. The van der Waals surface area contributed by atoms with E-state index in [4.69, 9.17) is 0 Å². The van der Waals surface area contributed by atoms with Gasteiger partial charge in [0.2, 0.25) is 0 Å². The van der Waals surface area contributed by atoms with Gasteiger partial charge in [-0.3, -0.25) is 4.90 Å². The molecule has 162 valence electrons. The molecule has 3 aliphatic rings. The molecule has 1 saturated carbocycles. The van der Waals surface area contributed by atoms with Crippen LogP contribution in [0.3, 0.4) is 0 Å². The quantitative estimate of drug-likeness (QED) is 0.691. The fourth-order valence-corrected chi connectivity index (χ4v) is 5.10. The minimum Gasteiger partial charge on any atom is -0.507 e. The van der Waals surface area contributed by atoms with Crippen molar-refractivity contribution >= 4 is 5.82 Å². The van der Waals surface area contributed by atoms with Gasteiger partial charge in [0, 0.05) is 25.2 Å². The number of phenols is 1. The highest BCUT2D eigenvalue weighted by Gasteiger charge is 2.55. The molecule has 0 unspecified atom stereocenters. The number of hydrogen-bond acceptors (Lipinski definition) is 7. The van der Waals surface area contributed by atoms with Crippen molar-refractivity contribution in [3.63, 3.8) is 0 Å². The minimum absolute atomic E-state index is 0.0766. The first-order valence-corrected chi connectivity index (χ1v) is 10.5. The predicted octanol–water partition coefficient (Wildman–Crippen LogP) is 2.69. The molecule has 1 aliphatic carbocycles. The van der Waals surface area contributed by atoms with Crippen molar-refractivity contribution in [2.45, 2.75) is 37.5 Å². The standard InChI is InChI=1S/C22H26FN7O/c1-22-9-8-14(13-28(22)2)20(21(22)23)29(3)19-7-6-17(25-26-19)16-5-4-15(12-18(16)31)30-11-10-24-27-30/h4-7,10-12,14,20-21,31H,8-9,13H2,1-3H3/t14-,20+,21-,22-/m1/s1. The van der Waals surface area contributed by atoms with Gasteiger partial charge >= 0.3 is 0 Å². The Labute approximate surface area is 180 Å². The summed E-state index contributed by atoms with van der Waals surface area (Å²) in [5.41, 5.74) is 1.38. The molecule has 0 radical (unpaired) electrons. The molecule has 4 heterocycles. The van der Waals surface area contributed by atoms with Crippen molar-refractivity contribution in [2.75, 3.05) is 25.5 Å². The molecule has 8 nitrogen and oxygen atoms in total. The van der Waals surface area contributed by atoms with Crippen LogP contribution in [0.1, 0.15) is 19.8 Å². The number of aromatic nitrogens is 5. The molecule has 2 bridgehead atoms. The third-order valence-electron chi connectivity index (χ3n) is 7.18. The number of hydrogen-bond donors (Lipinski definition) is 1. The van der Waals surface area contributed by atoms with E-state index in [-0.39, 0.29) is 17.7 Å². The summed E-state index contributed by atoms with van der Waals surface area (Å²) in [4.78, 5) is 4.10. The number of fused-ring (bicyclic) bond motifs is 3. The van der Waals surface area contributed by atoms with E-state index in [1.165, 1.54) is 0 Å². The fourth-order valence-electron chi connectivity index (χ4n) is 5.10. The summed E-state index contributed by atoms with van der Waals surface area (Å²) in [6.45, 7) is 2.91. The number of benzene rings is 1. The zero-order chi connectivity index (χ0) is 21.8. The second kappa shape index (κ2) is 7.26. The van der Waals surface area contributed by atoms with Gasteiger partial charge in [-0.1, -0.05) is 5.21 Å². The SMILES string of the molecule is CN(c1ccc(-c2ccc(-n3ccnn3)cc2O)nn1)[C@H]1[C@@H]2CC[C@](C)([C@@H]1F)N(C)C2. The zero-order valence-corrected chi connectivity index (χ0v) is 17.9. The summed E-state index contributed by atoms with van der Waals surface area (Å²) < 4.78 is 17.1. The van der Waals surface area contributed by atoms with Crippen LogP contribution in [0, 0.1) is 5.92 Å². The molecule has 1 aromatic carbocycles. The van der Waals surface area contributed by atoms with Gasteiger partial charge in [-0.15, -0.1) is 15.3 Å². The first kappa shape index (κ1) is 19.9.